The topological polar surface area (TPSA) is 26.7 Å². The summed E-state index contributed by atoms with van der Waals surface area (Å²) in [5.74, 6) is 0.324. The van der Waals surface area contributed by atoms with Crippen molar-refractivity contribution in [2.75, 3.05) is 13.1 Å². The zero-order valence-electron chi connectivity index (χ0n) is 16.8. The fourth-order valence-corrected chi connectivity index (χ4v) is 5.14. The molecule has 0 unspecified atom stereocenters. The number of hydrogen-bond acceptors (Lipinski definition) is 4. The van der Waals surface area contributed by atoms with Crippen LogP contribution in [0.1, 0.15) is 36.6 Å². The molecular formula is C24H27ClN2OS. The van der Waals surface area contributed by atoms with E-state index in [1.165, 1.54) is 11.1 Å². The van der Waals surface area contributed by atoms with Crippen LogP contribution in [0.25, 0.3) is 0 Å². The molecular weight excluding hydrogens is 400 g/mol. The second-order valence-electron chi connectivity index (χ2n) is 8.00. The van der Waals surface area contributed by atoms with Crippen molar-refractivity contribution in [2.45, 2.75) is 38.5 Å². The normalized spacial score (nSPS) is 21.9. The highest BCUT2D eigenvalue weighted by Crippen LogP contribution is 2.35. The first kappa shape index (κ1) is 20.4. The van der Waals surface area contributed by atoms with Gasteiger partial charge in [0, 0.05) is 36.7 Å². The molecule has 1 aliphatic rings. The summed E-state index contributed by atoms with van der Waals surface area (Å²) in [6.07, 6.45) is 0. The highest BCUT2D eigenvalue weighted by Gasteiger charge is 2.35. The van der Waals surface area contributed by atoms with Gasteiger partial charge < -0.3 is 5.11 Å². The molecule has 1 aromatic heterocycles. The van der Waals surface area contributed by atoms with Gasteiger partial charge in [0.05, 0.1) is 6.04 Å². The van der Waals surface area contributed by atoms with Gasteiger partial charge >= 0.3 is 0 Å². The van der Waals surface area contributed by atoms with Crippen LogP contribution in [-0.2, 0) is 6.54 Å². The molecule has 3 atom stereocenters. The largest absolute Gasteiger partial charge is 0.508 e. The van der Waals surface area contributed by atoms with E-state index in [1.807, 2.05) is 24.3 Å². The summed E-state index contributed by atoms with van der Waals surface area (Å²) in [6.45, 7) is 7.53. The van der Waals surface area contributed by atoms with E-state index in [4.69, 9.17) is 11.6 Å². The number of halogens is 1. The minimum absolute atomic E-state index is 0.156. The molecule has 5 heteroatoms. The molecule has 0 aliphatic carbocycles. The van der Waals surface area contributed by atoms with Gasteiger partial charge in [-0.2, -0.15) is 11.3 Å². The molecule has 0 saturated carbocycles. The number of thiophene rings is 1. The average Bonchev–Trinajstić information content (AvgIpc) is 3.22. The van der Waals surface area contributed by atoms with Crippen LogP contribution in [0.15, 0.2) is 65.4 Å². The quantitative estimate of drug-likeness (QED) is 0.559. The number of nitrogens with zero attached hydrogens (tertiary/aromatic N) is 2. The Morgan fingerprint density at radius 3 is 2.52 bits per heavy atom. The second-order valence-corrected chi connectivity index (χ2v) is 9.22. The number of hydrogen-bond donors (Lipinski definition) is 1. The molecule has 152 valence electrons. The van der Waals surface area contributed by atoms with E-state index in [1.54, 1.807) is 17.4 Å². The Hall–Kier alpha value is -1.85. The molecule has 2 aromatic carbocycles. The molecule has 3 nitrogen and oxygen atoms in total. The van der Waals surface area contributed by atoms with Crippen molar-refractivity contribution in [2.24, 2.45) is 0 Å². The van der Waals surface area contributed by atoms with E-state index in [9.17, 15) is 5.11 Å². The van der Waals surface area contributed by atoms with Crippen molar-refractivity contribution >= 4 is 22.9 Å². The fraction of sp³-hybridized carbons (Fsp3) is 0.333. The van der Waals surface area contributed by atoms with Gasteiger partial charge in [-0.15, -0.1) is 0 Å². The third-order valence-corrected chi connectivity index (χ3v) is 6.79. The van der Waals surface area contributed by atoms with Gasteiger partial charge in [0.1, 0.15) is 5.75 Å². The third kappa shape index (κ3) is 4.67. The Labute approximate surface area is 182 Å². The number of phenolic OH excluding ortho intramolecular Hbond substituents is 1. The van der Waals surface area contributed by atoms with Crippen molar-refractivity contribution in [3.8, 4) is 5.75 Å². The Kier molecular flexibility index (Phi) is 6.26. The summed E-state index contributed by atoms with van der Waals surface area (Å²) in [6, 6.07) is 19.1. The number of aromatic hydroxyl groups is 1. The zero-order chi connectivity index (χ0) is 20.4. The summed E-state index contributed by atoms with van der Waals surface area (Å²) in [5.41, 5.74) is 3.74. The van der Waals surface area contributed by atoms with Crippen LogP contribution in [-0.4, -0.2) is 40.1 Å². The number of rotatable bonds is 5. The molecule has 0 spiro atoms. The Bertz CT molecular complexity index is 928. The minimum atomic E-state index is 0.156. The van der Waals surface area contributed by atoms with Crippen LogP contribution in [0.2, 0.25) is 5.02 Å². The van der Waals surface area contributed by atoms with Gasteiger partial charge in [0.2, 0.25) is 0 Å². The van der Waals surface area contributed by atoms with E-state index < -0.39 is 0 Å². The third-order valence-electron chi connectivity index (χ3n) is 5.84. The van der Waals surface area contributed by atoms with Gasteiger partial charge in [-0.1, -0.05) is 35.9 Å². The molecule has 1 N–H and O–H groups in total. The van der Waals surface area contributed by atoms with Crippen molar-refractivity contribution in [1.82, 2.24) is 9.80 Å². The van der Waals surface area contributed by atoms with Crippen LogP contribution >= 0.6 is 22.9 Å². The highest BCUT2D eigenvalue weighted by atomic mass is 35.5. The van der Waals surface area contributed by atoms with Crippen LogP contribution in [0, 0.1) is 0 Å². The molecule has 1 aliphatic heterocycles. The van der Waals surface area contributed by atoms with Gasteiger partial charge in [-0.3, -0.25) is 9.80 Å². The number of piperazine rings is 1. The van der Waals surface area contributed by atoms with E-state index in [0.717, 1.165) is 30.2 Å². The monoisotopic (exact) mass is 426 g/mol. The Morgan fingerprint density at radius 1 is 1.03 bits per heavy atom. The standard InChI is InChI=1S/C24H27ClN2OS/c1-17-14-27(18(2)13-26(17)15-19-6-8-22(25)9-7-19)24(21-10-11-29-16-21)20-4-3-5-23(28)12-20/h3-12,16-18,24,28H,13-15H2,1-2H3/t17-,18+,24+/m1/s1. The molecule has 3 aromatic rings. The molecule has 1 fully saturated rings. The van der Waals surface area contributed by atoms with E-state index in [0.29, 0.717) is 17.8 Å². The van der Waals surface area contributed by atoms with Crippen molar-refractivity contribution < 1.29 is 5.11 Å². The number of benzene rings is 2. The molecule has 0 radical (unpaired) electrons. The van der Waals surface area contributed by atoms with Crippen LogP contribution < -0.4 is 0 Å². The maximum Gasteiger partial charge on any atom is 0.115 e. The lowest BCUT2D eigenvalue weighted by atomic mass is 9.95. The molecule has 0 bridgehead atoms. The summed E-state index contributed by atoms with van der Waals surface area (Å²) in [5, 5.41) is 15.2. The lowest BCUT2D eigenvalue weighted by Gasteiger charge is -2.47. The summed E-state index contributed by atoms with van der Waals surface area (Å²) >= 11 is 7.77. The maximum absolute atomic E-state index is 10.1. The van der Waals surface area contributed by atoms with Gasteiger partial charge in [0.25, 0.3) is 0 Å². The molecule has 0 amide bonds. The smallest absolute Gasteiger partial charge is 0.115 e. The van der Waals surface area contributed by atoms with Gasteiger partial charge in [-0.05, 0) is 71.6 Å². The van der Waals surface area contributed by atoms with Crippen molar-refractivity contribution in [3.63, 3.8) is 0 Å². The zero-order valence-corrected chi connectivity index (χ0v) is 18.4. The van der Waals surface area contributed by atoms with E-state index in [2.05, 4.69) is 58.7 Å². The predicted octanol–water partition coefficient (Wildman–Crippen LogP) is 5.79. The SMILES string of the molecule is C[C@@H]1CN([C@H](c2ccsc2)c2cccc(O)c2)[C@@H](C)CN1Cc1ccc(Cl)cc1. The van der Waals surface area contributed by atoms with E-state index >= 15 is 0 Å². The summed E-state index contributed by atoms with van der Waals surface area (Å²) in [7, 11) is 0. The Morgan fingerprint density at radius 2 is 1.83 bits per heavy atom. The highest BCUT2D eigenvalue weighted by molar-refractivity contribution is 7.08. The van der Waals surface area contributed by atoms with Gasteiger partial charge in [-0.25, -0.2) is 0 Å². The first-order valence-electron chi connectivity index (χ1n) is 10.1. The summed E-state index contributed by atoms with van der Waals surface area (Å²) < 4.78 is 0. The minimum Gasteiger partial charge on any atom is -0.508 e. The molecule has 1 saturated heterocycles. The average molecular weight is 427 g/mol. The fourth-order valence-electron chi connectivity index (χ4n) is 4.33. The molecule has 29 heavy (non-hydrogen) atoms. The molecule has 4 rings (SSSR count). The summed E-state index contributed by atoms with van der Waals surface area (Å²) in [4.78, 5) is 5.14. The van der Waals surface area contributed by atoms with Crippen LogP contribution in [0.3, 0.4) is 0 Å². The first-order chi connectivity index (χ1) is 14.0. The van der Waals surface area contributed by atoms with Crippen LogP contribution in [0.5, 0.6) is 5.75 Å². The Balaban J connectivity index is 1.56. The first-order valence-corrected chi connectivity index (χ1v) is 11.4. The second kappa shape index (κ2) is 8.88. The van der Waals surface area contributed by atoms with Crippen molar-refractivity contribution in [3.05, 3.63) is 87.1 Å². The van der Waals surface area contributed by atoms with E-state index in [-0.39, 0.29) is 6.04 Å². The predicted molar refractivity (Wildman–Crippen MR) is 122 cm³/mol. The number of phenols is 1. The van der Waals surface area contributed by atoms with Gasteiger partial charge in [0.15, 0.2) is 0 Å². The van der Waals surface area contributed by atoms with Crippen molar-refractivity contribution in [1.29, 1.82) is 0 Å². The lowest BCUT2D eigenvalue weighted by Crippen LogP contribution is -2.56. The lowest BCUT2D eigenvalue weighted by molar-refractivity contribution is 0.0196. The molecule has 2 heterocycles. The van der Waals surface area contributed by atoms with Crippen LogP contribution in [0.4, 0.5) is 0 Å². The maximum atomic E-state index is 10.1.